The summed E-state index contributed by atoms with van der Waals surface area (Å²) in [4.78, 5) is 9.63. The Morgan fingerprint density at radius 2 is 0.700 bits per heavy atom. The molecule has 0 aliphatic heterocycles. The van der Waals surface area contributed by atoms with Crippen molar-refractivity contribution in [3.63, 3.8) is 0 Å². The van der Waals surface area contributed by atoms with Crippen LogP contribution >= 0.6 is 0 Å². The first-order chi connectivity index (χ1) is 9.25. The lowest BCUT2D eigenvalue weighted by atomic mass is 9.95. The molecule has 2 rings (SSSR count). The third-order valence-electron chi connectivity index (χ3n) is 4.83. The van der Waals surface area contributed by atoms with Gasteiger partial charge in [0.25, 0.3) is 0 Å². The third kappa shape index (κ3) is 2.13. The molecule has 0 bridgehead atoms. The Morgan fingerprint density at radius 1 is 0.400 bits per heavy atom. The second-order valence-corrected chi connectivity index (χ2v) is 5.84. The molecule has 0 saturated carbocycles. The van der Waals surface area contributed by atoms with E-state index in [1.54, 1.807) is 0 Å². The van der Waals surface area contributed by atoms with Crippen LogP contribution in [0.4, 0.5) is 0 Å². The summed E-state index contributed by atoms with van der Waals surface area (Å²) in [6, 6.07) is 0. The highest BCUT2D eigenvalue weighted by Gasteiger charge is 2.16. The van der Waals surface area contributed by atoms with Crippen LogP contribution in [0.2, 0.25) is 0 Å². The first-order valence-corrected chi connectivity index (χ1v) is 7.14. The summed E-state index contributed by atoms with van der Waals surface area (Å²) in [7, 11) is 0. The lowest BCUT2D eigenvalue weighted by Gasteiger charge is -2.17. The predicted octanol–water partition coefficient (Wildman–Crippen LogP) is 4.61. The molecule has 0 N–H and O–H groups in total. The standard InChI is InChI=1S/C18H24N2/c1-9-11(3)15(7)19-17(13(9)5)18-14(6)10(2)12(4)16(8)20-18/h1-8H3. The van der Waals surface area contributed by atoms with Gasteiger partial charge in [0.2, 0.25) is 0 Å². The molecule has 106 valence electrons. The van der Waals surface area contributed by atoms with Crippen LogP contribution in [0.3, 0.4) is 0 Å². The fourth-order valence-electron chi connectivity index (χ4n) is 2.59. The van der Waals surface area contributed by atoms with Gasteiger partial charge in [-0.3, -0.25) is 9.97 Å². The van der Waals surface area contributed by atoms with Gasteiger partial charge < -0.3 is 0 Å². The molecule has 0 fully saturated rings. The van der Waals surface area contributed by atoms with Gasteiger partial charge in [0.15, 0.2) is 0 Å². The monoisotopic (exact) mass is 268 g/mol. The van der Waals surface area contributed by atoms with Crippen LogP contribution in [0.15, 0.2) is 0 Å². The molecule has 0 saturated heterocycles. The smallest absolute Gasteiger partial charge is 0.0924 e. The Bertz CT molecular complexity index is 636. The van der Waals surface area contributed by atoms with E-state index >= 15 is 0 Å². The Kier molecular flexibility index (Phi) is 3.68. The van der Waals surface area contributed by atoms with Crippen LogP contribution in [0, 0.1) is 55.4 Å². The highest BCUT2D eigenvalue weighted by Crippen LogP contribution is 2.30. The molecule has 0 radical (unpaired) electrons. The Morgan fingerprint density at radius 3 is 1.00 bits per heavy atom. The summed E-state index contributed by atoms with van der Waals surface area (Å²) in [5, 5.41) is 0. The summed E-state index contributed by atoms with van der Waals surface area (Å²) in [5.41, 5.74) is 12.0. The summed E-state index contributed by atoms with van der Waals surface area (Å²) in [6.07, 6.45) is 0. The van der Waals surface area contributed by atoms with Gasteiger partial charge >= 0.3 is 0 Å². The third-order valence-corrected chi connectivity index (χ3v) is 4.83. The minimum atomic E-state index is 1.04. The number of rotatable bonds is 1. The summed E-state index contributed by atoms with van der Waals surface area (Å²) in [5.74, 6) is 0. The van der Waals surface area contributed by atoms with Crippen molar-refractivity contribution in [2.75, 3.05) is 0 Å². The zero-order chi connectivity index (χ0) is 15.2. The maximum absolute atomic E-state index is 4.81. The van der Waals surface area contributed by atoms with Crippen molar-refractivity contribution < 1.29 is 0 Å². The first-order valence-electron chi connectivity index (χ1n) is 7.14. The van der Waals surface area contributed by atoms with Crippen LogP contribution in [0.1, 0.15) is 44.8 Å². The molecule has 0 aliphatic rings. The van der Waals surface area contributed by atoms with Crippen LogP contribution in [0.25, 0.3) is 11.4 Å². The zero-order valence-electron chi connectivity index (χ0n) is 13.9. The molecule has 20 heavy (non-hydrogen) atoms. The number of aryl methyl sites for hydroxylation is 2. The van der Waals surface area contributed by atoms with Gasteiger partial charge in [-0.25, -0.2) is 0 Å². The topological polar surface area (TPSA) is 25.8 Å². The van der Waals surface area contributed by atoms with Crippen molar-refractivity contribution in [3.05, 3.63) is 44.8 Å². The maximum atomic E-state index is 4.81. The molecule has 2 heterocycles. The fourth-order valence-corrected chi connectivity index (χ4v) is 2.59. The van der Waals surface area contributed by atoms with E-state index in [0.29, 0.717) is 0 Å². The molecular formula is C18H24N2. The summed E-state index contributed by atoms with van der Waals surface area (Å²) in [6.45, 7) is 17.1. The highest BCUT2D eigenvalue weighted by molar-refractivity contribution is 5.67. The van der Waals surface area contributed by atoms with E-state index in [4.69, 9.17) is 9.97 Å². The number of hydrogen-bond acceptors (Lipinski definition) is 2. The molecular weight excluding hydrogens is 244 g/mol. The molecule has 0 atom stereocenters. The van der Waals surface area contributed by atoms with Crippen LogP contribution in [0.5, 0.6) is 0 Å². The molecule has 0 spiro atoms. The fraction of sp³-hybridized carbons (Fsp3) is 0.444. The lowest BCUT2D eigenvalue weighted by molar-refractivity contribution is 1.04. The number of aromatic nitrogens is 2. The van der Waals surface area contributed by atoms with E-state index < -0.39 is 0 Å². The van der Waals surface area contributed by atoms with E-state index in [1.807, 2.05) is 0 Å². The minimum Gasteiger partial charge on any atom is -0.251 e. The first kappa shape index (κ1) is 14.7. The Hall–Kier alpha value is -1.70. The van der Waals surface area contributed by atoms with Crippen molar-refractivity contribution in [3.8, 4) is 11.4 Å². The van der Waals surface area contributed by atoms with Gasteiger partial charge in [0.05, 0.1) is 11.4 Å². The molecule has 0 amide bonds. The zero-order valence-corrected chi connectivity index (χ0v) is 13.9. The molecule has 2 aromatic rings. The van der Waals surface area contributed by atoms with Crippen molar-refractivity contribution in [1.82, 2.24) is 9.97 Å². The van der Waals surface area contributed by atoms with E-state index in [1.165, 1.54) is 33.4 Å². The van der Waals surface area contributed by atoms with Crippen molar-refractivity contribution >= 4 is 0 Å². The average molecular weight is 268 g/mol. The summed E-state index contributed by atoms with van der Waals surface area (Å²) >= 11 is 0. The predicted molar refractivity (Wildman–Crippen MR) is 85.4 cm³/mol. The van der Waals surface area contributed by atoms with Crippen LogP contribution in [-0.4, -0.2) is 9.97 Å². The average Bonchev–Trinajstić information content (AvgIpc) is 2.42. The Balaban J connectivity index is 2.83. The largest absolute Gasteiger partial charge is 0.251 e. The molecule has 0 aromatic carbocycles. The van der Waals surface area contributed by atoms with Gasteiger partial charge in [0.1, 0.15) is 0 Å². The van der Waals surface area contributed by atoms with Gasteiger partial charge in [-0.2, -0.15) is 0 Å². The minimum absolute atomic E-state index is 1.04. The number of nitrogens with zero attached hydrogens (tertiary/aromatic N) is 2. The number of pyridine rings is 2. The Labute approximate surface area is 122 Å². The van der Waals surface area contributed by atoms with E-state index in [-0.39, 0.29) is 0 Å². The van der Waals surface area contributed by atoms with Crippen molar-refractivity contribution in [2.24, 2.45) is 0 Å². The van der Waals surface area contributed by atoms with Crippen molar-refractivity contribution in [1.29, 1.82) is 0 Å². The second kappa shape index (κ2) is 5.01. The lowest BCUT2D eigenvalue weighted by Crippen LogP contribution is -2.05. The number of hydrogen-bond donors (Lipinski definition) is 0. The highest BCUT2D eigenvalue weighted by atomic mass is 14.8. The van der Waals surface area contributed by atoms with Crippen LogP contribution < -0.4 is 0 Å². The van der Waals surface area contributed by atoms with E-state index in [0.717, 1.165) is 22.8 Å². The van der Waals surface area contributed by atoms with Crippen molar-refractivity contribution in [2.45, 2.75) is 55.4 Å². The van der Waals surface area contributed by atoms with Gasteiger partial charge in [-0.1, -0.05) is 0 Å². The van der Waals surface area contributed by atoms with Gasteiger partial charge in [0, 0.05) is 11.4 Å². The molecule has 0 unspecified atom stereocenters. The van der Waals surface area contributed by atoms with E-state index in [9.17, 15) is 0 Å². The SMILES string of the molecule is Cc1nc(-c2nc(C)c(C)c(C)c2C)c(C)c(C)c1C. The molecule has 2 heteroatoms. The van der Waals surface area contributed by atoms with Gasteiger partial charge in [-0.05, 0) is 88.8 Å². The van der Waals surface area contributed by atoms with Gasteiger partial charge in [-0.15, -0.1) is 0 Å². The molecule has 2 nitrogen and oxygen atoms in total. The normalized spacial score (nSPS) is 11.0. The summed E-state index contributed by atoms with van der Waals surface area (Å²) < 4.78 is 0. The second-order valence-electron chi connectivity index (χ2n) is 5.84. The van der Waals surface area contributed by atoms with E-state index in [2.05, 4.69) is 55.4 Å². The maximum Gasteiger partial charge on any atom is 0.0924 e. The van der Waals surface area contributed by atoms with Crippen LogP contribution in [-0.2, 0) is 0 Å². The molecule has 2 aromatic heterocycles. The quantitative estimate of drug-likeness (QED) is 0.754. The molecule has 0 aliphatic carbocycles.